The number of hydrogen-bond donors (Lipinski definition) is 2. The molecule has 0 aliphatic rings. The average Bonchev–Trinajstić information content (AvgIpc) is 1.88. The van der Waals surface area contributed by atoms with E-state index in [0.717, 1.165) is 0 Å². The number of nitrogens with two attached hydrogens (primary N) is 1. The van der Waals surface area contributed by atoms with Gasteiger partial charge in [-0.15, -0.1) is 0 Å². The van der Waals surface area contributed by atoms with Gasteiger partial charge < -0.3 is 10.7 Å². The lowest BCUT2D eigenvalue weighted by atomic mass is 10.5. The molecule has 0 spiro atoms. The average molecular weight is 138 g/mol. The molecule has 0 fully saturated rings. The summed E-state index contributed by atoms with van der Waals surface area (Å²) in [6, 6.07) is 0. The first-order chi connectivity index (χ1) is 4.75. The molecule has 3 N–H and O–H groups in total. The van der Waals surface area contributed by atoms with Crippen molar-refractivity contribution < 1.29 is 0 Å². The van der Waals surface area contributed by atoms with Crippen molar-refractivity contribution >= 4 is 18.2 Å². The number of rotatable bonds is 1. The van der Waals surface area contributed by atoms with Gasteiger partial charge in [0.05, 0.1) is 6.33 Å². The van der Waals surface area contributed by atoms with Crippen LogP contribution in [0.5, 0.6) is 0 Å². The van der Waals surface area contributed by atoms with E-state index < -0.39 is 0 Å². The summed E-state index contributed by atoms with van der Waals surface area (Å²) in [5.74, 6) is 0.0961. The molecule has 5 nitrogen and oxygen atoms in total. The number of anilines is 1. The monoisotopic (exact) mass is 138 g/mol. The first-order valence-corrected chi connectivity index (χ1v) is 2.55. The van der Waals surface area contributed by atoms with Crippen molar-refractivity contribution in [2.45, 2.75) is 0 Å². The molecular weight excluding hydrogens is 132 g/mol. The molecule has 0 atom stereocenters. The summed E-state index contributed by atoms with van der Waals surface area (Å²) < 4.78 is 0. The van der Waals surface area contributed by atoms with Crippen molar-refractivity contribution in [1.29, 1.82) is 0 Å². The molecule has 0 bridgehead atoms. The minimum atomic E-state index is -0.373. The fourth-order valence-electron chi connectivity index (χ4n) is 0.559. The molecule has 0 amide bonds. The lowest BCUT2D eigenvalue weighted by molar-refractivity contribution is 1.12. The highest BCUT2D eigenvalue weighted by atomic mass is 16.1. The van der Waals surface area contributed by atoms with E-state index in [-0.39, 0.29) is 17.1 Å². The Kier molecular flexibility index (Phi) is 1.49. The molecule has 1 aromatic rings. The Morgan fingerprint density at radius 3 is 2.90 bits per heavy atom. The maximum Gasteiger partial charge on any atom is 0.278 e. The fraction of sp³-hybridized carbons (Fsp3) is 0. The Morgan fingerprint density at radius 2 is 2.50 bits per heavy atom. The summed E-state index contributed by atoms with van der Waals surface area (Å²) in [5, 5.41) is 0. The van der Waals surface area contributed by atoms with E-state index in [1.807, 2.05) is 0 Å². The molecule has 5 heteroatoms. The van der Waals surface area contributed by atoms with Crippen molar-refractivity contribution in [2.75, 3.05) is 5.73 Å². The molecule has 0 saturated carbocycles. The van der Waals surface area contributed by atoms with Gasteiger partial charge in [-0.3, -0.25) is 9.79 Å². The van der Waals surface area contributed by atoms with E-state index in [0.29, 0.717) is 0 Å². The van der Waals surface area contributed by atoms with E-state index in [9.17, 15) is 4.79 Å². The summed E-state index contributed by atoms with van der Waals surface area (Å²) in [6.45, 7) is 3.16. The summed E-state index contributed by atoms with van der Waals surface area (Å²) >= 11 is 0. The second-order valence-electron chi connectivity index (χ2n) is 1.62. The number of aliphatic imine (C=N–C) groups is 1. The standard InChI is InChI=1S/C5H6N4O/c1-7-3-4(6)8-2-9-5(3)10/h2H,1H2,(H3,6,8,9,10). The molecule has 0 aromatic carbocycles. The van der Waals surface area contributed by atoms with Crippen molar-refractivity contribution in [2.24, 2.45) is 4.99 Å². The van der Waals surface area contributed by atoms with Gasteiger partial charge in [-0.25, -0.2) is 4.98 Å². The van der Waals surface area contributed by atoms with Gasteiger partial charge in [0.25, 0.3) is 5.56 Å². The predicted molar refractivity (Wildman–Crippen MR) is 38.5 cm³/mol. The SMILES string of the molecule is C=Nc1c(N)nc[nH]c1=O. The molecule has 1 rings (SSSR count). The van der Waals surface area contributed by atoms with Crippen LogP contribution in [0.15, 0.2) is 16.1 Å². The van der Waals surface area contributed by atoms with Crippen molar-refractivity contribution in [3.63, 3.8) is 0 Å². The van der Waals surface area contributed by atoms with Crippen LogP contribution in [0.3, 0.4) is 0 Å². The van der Waals surface area contributed by atoms with Gasteiger partial charge in [-0.05, 0) is 6.72 Å². The smallest absolute Gasteiger partial charge is 0.278 e. The summed E-state index contributed by atoms with van der Waals surface area (Å²) in [5.41, 5.74) is 4.97. The molecule has 52 valence electrons. The van der Waals surface area contributed by atoms with Crippen LogP contribution in [-0.4, -0.2) is 16.7 Å². The fourth-order valence-corrected chi connectivity index (χ4v) is 0.559. The van der Waals surface area contributed by atoms with E-state index in [4.69, 9.17) is 5.73 Å². The highest BCUT2D eigenvalue weighted by molar-refractivity contribution is 5.58. The third kappa shape index (κ3) is 0.883. The van der Waals surface area contributed by atoms with Crippen LogP contribution in [0.1, 0.15) is 0 Å². The number of nitrogens with one attached hydrogen (secondary N) is 1. The molecular formula is C5H6N4O. The van der Waals surface area contributed by atoms with Gasteiger partial charge in [0, 0.05) is 0 Å². The van der Waals surface area contributed by atoms with E-state index in [1.54, 1.807) is 0 Å². The van der Waals surface area contributed by atoms with Crippen LogP contribution in [0.2, 0.25) is 0 Å². The minimum Gasteiger partial charge on any atom is -0.382 e. The predicted octanol–water partition coefficient (Wildman–Crippen LogP) is -0.316. The number of nitrogen functional groups attached to an aromatic ring is 1. The number of nitrogens with zero attached hydrogens (tertiary/aromatic N) is 2. The van der Waals surface area contributed by atoms with Crippen LogP contribution < -0.4 is 11.3 Å². The van der Waals surface area contributed by atoms with E-state index in [2.05, 4.69) is 21.7 Å². The molecule has 1 heterocycles. The van der Waals surface area contributed by atoms with Gasteiger partial charge in [0.1, 0.15) is 0 Å². The molecule has 0 aliphatic carbocycles. The normalized spacial score (nSPS) is 9.20. The first kappa shape index (κ1) is 6.47. The van der Waals surface area contributed by atoms with Gasteiger partial charge in [0.2, 0.25) is 0 Å². The molecule has 0 saturated heterocycles. The van der Waals surface area contributed by atoms with Crippen LogP contribution in [0.4, 0.5) is 11.5 Å². The number of aromatic amines is 1. The van der Waals surface area contributed by atoms with Crippen LogP contribution in [0, 0.1) is 0 Å². The minimum absolute atomic E-state index is 0.0718. The van der Waals surface area contributed by atoms with Gasteiger partial charge in [-0.2, -0.15) is 0 Å². The molecule has 0 aliphatic heterocycles. The zero-order valence-electron chi connectivity index (χ0n) is 5.16. The van der Waals surface area contributed by atoms with Gasteiger partial charge >= 0.3 is 0 Å². The molecule has 1 aromatic heterocycles. The van der Waals surface area contributed by atoms with Crippen molar-refractivity contribution in [3.8, 4) is 0 Å². The zero-order chi connectivity index (χ0) is 7.56. The Hall–Kier alpha value is -1.65. The molecule has 0 unspecified atom stereocenters. The second kappa shape index (κ2) is 2.30. The first-order valence-electron chi connectivity index (χ1n) is 2.55. The van der Waals surface area contributed by atoms with Crippen LogP contribution in [0.25, 0.3) is 0 Å². The number of hydrogen-bond acceptors (Lipinski definition) is 4. The lowest BCUT2D eigenvalue weighted by Gasteiger charge is -1.92. The summed E-state index contributed by atoms with van der Waals surface area (Å²) in [6.07, 6.45) is 1.21. The highest BCUT2D eigenvalue weighted by Gasteiger charge is 1.99. The summed E-state index contributed by atoms with van der Waals surface area (Å²) in [7, 11) is 0. The molecule has 10 heavy (non-hydrogen) atoms. The van der Waals surface area contributed by atoms with Gasteiger partial charge in [-0.1, -0.05) is 0 Å². The topological polar surface area (TPSA) is 84.1 Å². The maximum absolute atomic E-state index is 10.8. The quantitative estimate of drug-likeness (QED) is 0.522. The lowest BCUT2D eigenvalue weighted by Crippen LogP contribution is -2.08. The second-order valence-corrected chi connectivity index (χ2v) is 1.62. The Morgan fingerprint density at radius 1 is 1.80 bits per heavy atom. The van der Waals surface area contributed by atoms with Crippen molar-refractivity contribution in [1.82, 2.24) is 9.97 Å². The van der Waals surface area contributed by atoms with E-state index in [1.165, 1.54) is 6.33 Å². The highest BCUT2D eigenvalue weighted by Crippen LogP contribution is 2.08. The van der Waals surface area contributed by atoms with Crippen LogP contribution in [-0.2, 0) is 0 Å². The number of H-pyrrole nitrogens is 1. The summed E-state index contributed by atoms with van der Waals surface area (Å²) in [4.78, 5) is 20.1. The maximum atomic E-state index is 10.8. The Balaban J connectivity index is 3.45. The molecule has 0 radical (unpaired) electrons. The van der Waals surface area contributed by atoms with Crippen LogP contribution >= 0.6 is 0 Å². The largest absolute Gasteiger partial charge is 0.382 e. The van der Waals surface area contributed by atoms with Crippen molar-refractivity contribution in [3.05, 3.63) is 16.7 Å². The Labute approximate surface area is 56.6 Å². The zero-order valence-corrected chi connectivity index (χ0v) is 5.16. The number of aromatic nitrogens is 2. The Bertz CT molecular complexity index is 303. The van der Waals surface area contributed by atoms with Gasteiger partial charge in [0.15, 0.2) is 11.5 Å². The van der Waals surface area contributed by atoms with E-state index >= 15 is 0 Å². The third-order valence-electron chi connectivity index (χ3n) is 1.02. The third-order valence-corrected chi connectivity index (χ3v) is 1.02.